The van der Waals surface area contributed by atoms with Gasteiger partial charge < -0.3 is 9.47 Å². The molecule has 86 valence electrons. The zero-order valence-electron chi connectivity index (χ0n) is 8.64. The number of benzene rings is 1. The van der Waals surface area contributed by atoms with Gasteiger partial charge in [0.15, 0.2) is 0 Å². The van der Waals surface area contributed by atoms with E-state index in [2.05, 4.69) is 5.32 Å². The van der Waals surface area contributed by atoms with Gasteiger partial charge in [-0.15, -0.1) is 0 Å². The molecule has 2 rings (SSSR count). The molecule has 4 nitrogen and oxygen atoms in total. The van der Waals surface area contributed by atoms with Crippen LogP contribution in [0.4, 0.5) is 0 Å². The minimum Gasteiger partial charge on any atom is -0.332 e. The number of hydrogen-bond donors (Lipinski definition) is 1. The van der Waals surface area contributed by atoms with Crippen molar-refractivity contribution in [2.24, 2.45) is 0 Å². The van der Waals surface area contributed by atoms with Crippen LogP contribution in [0.5, 0.6) is 0 Å². The Morgan fingerprint density at radius 1 is 1.25 bits per heavy atom. The molecule has 1 N–H and O–H groups in total. The molecule has 0 fully saturated rings. The Labute approximate surface area is 102 Å². The van der Waals surface area contributed by atoms with Gasteiger partial charge in [0, 0.05) is 14.2 Å². The number of carbonyl (C=O) groups is 1. The van der Waals surface area contributed by atoms with Gasteiger partial charge >= 0.3 is 0 Å². The van der Waals surface area contributed by atoms with Crippen molar-refractivity contribution in [3.8, 4) is 0 Å². The Morgan fingerprint density at radius 3 is 2.44 bits per heavy atom. The monoisotopic (exact) mass is 261 g/mol. The normalized spacial score (nSPS) is 17.1. The van der Waals surface area contributed by atoms with Crippen molar-refractivity contribution < 1.29 is 14.3 Å². The number of nitrogens with one attached hydrogen (secondary N) is 1. The number of ether oxygens (including phenoxy) is 2. The average molecular weight is 262 g/mol. The highest BCUT2D eigenvalue weighted by atomic mass is 35.5. The molecule has 1 aliphatic heterocycles. The standard InChI is InChI=1S/C10H9Cl2NO3/c1-15-10(16-2)7-5(9(14)13-10)3-4-6(11)8(7)12/h3-4H,1-2H3,(H,13,14). The van der Waals surface area contributed by atoms with E-state index < -0.39 is 5.91 Å². The van der Waals surface area contributed by atoms with Crippen molar-refractivity contribution in [3.05, 3.63) is 33.3 Å². The predicted octanol–water partition coefficient (Wildman–Crippen LogP) is 2.14. The van der Waals surface area contributed by atoms with Crippen LogP contribution in [0.3, 0.4) is 0 Å². The molecule has 0 unspecified atom stereocenters. The average Bonchev–Trinajstić information content (AvgIpc) is 2.58. The van der Waals surface area contributed by atoms with Crippen LogP contribution in [-0.2, 0) is 15.4 Å². The van der Waals surface area contributed by atoms with Crippen molar-refractivity contribution in [1.29, 1.82) is 0 Å². The topological polar surface area (TPSA) is 47.6 Å². The SMILES string of the molecule is COC1(OC)NC(=O)c2ccc(Cl)c(Cl)c21. The second-order valence-corrected chi connectivity index (χ2v) is 4.05. The highest BCUT2D eigenvalue weighted by molar-refractivity contribution is 6.43. The van der Waals surface area contributed by atoms with Crippen LogP contribution in [0.1, 0.15) is 15.9 Å². The lowest BCUT2D eigenvalue weighted by atomic mass is 10.1. The highest BCUT2D eigenvalue weighted by Crippen LogP contribution is 2.40. The summed E-state index contributed by atoms with van der Waals surface area (Å²) in [6.45, 7) is 0. The van der Waals surface area contributed by atoms with Crippen molar-refractivity contribution in [1.82, 2.24) is 5.32 Å². The van der Waals surface area contributed by atoms with E-state index in [1.54, 1.807) is 12.1 Å². The number of rotatable bonds is 2. The smallest absolute Gasteiger partial charge is 0.282 e. The Balaban J connectivity index is 2.72. The molecule has 0 radical (unpaired) electrons. The van der Waals surface area contributed by atoms with Gasteiger partial charge in [0.1, 0.15) is 0 Å². The molecule has 0 atom stereocenters. The number of halogens is 2. The zero-order valence-corrected chi connectivity index (χ0v) is 10.1. The summed E-state index contributed by atoms with van der Waals surface area (Å²) in [6.07, 6.45) is 0. The van der Waals surface area contributed by atoms with Crippen LogP contribution < -0.4 is 5.32 Å². The van der Waals surface area contributed by atoms with Gasteiger partial charge in [-0.3, -0.25) is 10.1 Å². The Bertz CT molecular complexity index is 458. The lowest BCUT2D eigenvalue weighted by molar-refractivity contribution is -0.225. The fraction of sp³-hybridized carbons (Fsp3) is 0.300. The molecule has 0 spiro atoms. The van der Waals surface area contributed by atoms with E-state index in [1.807, 2.05) is 0 Å². The molecule has 1 aliphatic rings. The molecule has 1 amide bonds. The van der Waals surface area contributed by atoms with E-state index in [9.17, 15) is 4.79 Å². The van der Waals surface area contributed by atoms with Crippen LogP contribution in [-0.4, -0.2) is 20.1 Å². The largest absolute Gasteiger partial charge is 0.332 e. The molecule has 1 aromatic carbocycles. The Hall–Kier alpha value is -0.810. The van der Waals surface area contributed by atoms with E-state index in [4.69, 9.17) is 32.7 Å². The summed E-state index contributed by atoms with van der Waals surface area (Å²) in [5.74, 6) is -1.66. The summed E-state index contributed by atoms with van der Waals surface area (Å²) in [4.78, 5) is 11.7. The van der Waals surface area contributed by atoms with Crippen molar-refractivity contribution in [3.63, 3.8) is 0 Å². The van der Waals surface area contributed by atoms with Gasteiger partial charge in [0.25, 0.3) is 11.8 Å². The number of hydrogen-bond acceptors (Lipinski definition) is 3. The van der Waals surface area contributed by atoms with Gasteiger partial charge in [0.2, 0.25) is 0 Å². The maximum Gasteiger partial charge on any atom is 0.282 e. The highest BCUT2D eigenvalue weighted by Gasteiger charge is 2.46. The minimum atomic E-state index is -1.35. The second-order valence-electron chi connectivity index (χ2n) is 3.26. The molecular weight excluding hydrogens is 253 g/mol. The molecule has 0 saturated heterocycles. The Morgan fingerprint density at radius 2 is 1.88 bits per heavy atom. The molecule has 1 aromatic rings. The lowest BCUT2D eigenvalue weighted by Crippen LogP contribution is -2.42. The first-order chi connectivity index (χ1) is 7.55. The van der Waals surface area contributed by atoms with E-state index >= 15 is 0 Å². The van der Waals surface area contributed by atoms with Crippen LogP contribution in [0.15, 0.2) is 12.1 Å². The molecule has 0 aliphatic carbocycles. The first-order valence-electron chi connectivity index (χ1n) is 4.47. The number of amides is 1. The molecule has 0 bridgehead atoms. The van der Waals surface area contributed by atoms with E-state index in [0.717, 1.165) is 0 Å². The van der Waals surface area contributed by atoms with Crippen molar-refractivity contribution in [2.45, 2.75) is 5.91 Å². The summed E-state index contributed by atoms with van der Waals surface area (Å²) < 4.78 is 10.4. The fourth-order valence-corrected chi connectivity index (χ4v) is 2.18. The number of carbonyl (C=O) groups excluding carboxylic acids is 1. The first-order valence-corrected chi connectivity index (χ1v) is 5.22. The summed E-state index contributed by atoms with van der Waals surface area (Å²) in [6, 6.07) is 3.14. The summed E-state index contributed by atoms with van der Waals surface area (Å²) >= 11 is 12.0. The quantitative estimate of drug-likeness (QED) is 0.830. The maximum absolute atomic E-state index is 11.7. The molecule has 16 heavy (non-hydrogen) atoms. The third-order valence-electron chi connectivity index (χ3n) is 2.52. The lowest BCUT2D eigenvalue weighted by Gasteiger charge is -2.27. The number of methoxy groups -OCH3 is 2. The number of fused-ring (bicyclic) bond motifs is 1. The van der Waals surface area contributed by atoms with Crippen LogP contribution in [0.25, 0.3) is 0 Å². The van der Waals surface area contributed by atoms with Gasteiger partial charge in [0.05, 0.1) is 21.2 Å². The van der Waals surface area contributed by atoms with E-state index in [0.29, 0.717) is 16.1 Å². The first kappa shape index (κ1) is 11.7. The van der Waals surface area contributed by atoms with Gasteiger partial charge in [-0.25, -0.2) is 0 Å². The minimum absolute atomic E-state index is 0.251. The molecule has 0 saturated carbocycles. The fourth-order valence-electron chi connectivity index (χ4n) is 1.73. The maximum atomic E-state index is 11.7. The summed E-state index contributed by atoms with van der Waals surface area (Å²) in [5.41, 5.74) is 0.815. The third kappa shape index (κ3) is 1.42. The summed E-state index contributed by atoms with van der Waals surface area (Å²) in [7, 11) is 2.83. The van der Waals surface area contributed by atoms with E-state index in [-0.39, 0.29) is 10.9 Å². The predicted molar refractivity (Wildman–Crippen MR) is 59.6 cm³/mol. The molecule has 0 aromatic heterocycles. The molecular formula is C10H9Cl2NO3. The van der Waals surface area contributed by atoms with Crippen LogP contribution in [0.2, 0.25) is 10.0 Å². The molecule has 1 heterocycles. The Kier molecular flexibility index (Phi) is 2.84. The van der Waals surface area contributed by atoms with Crippen LogP contribution in [0, 0.1) is 0 Å². The van der Waals surface area contributed by atoms with Crippen LogP contribution >= 0.6 is 23.2 Å². The molecule has 6 heteroatoms. The second kappa shape index (κ2) is 3.89. The summed E-state index contributed by atoms with van der Waals surface area (Å²) in [5, 5.41) is 3.17. The van der Waals surface area contributed by atoms with Gasteiger partial charge in [-0.05, 0) is 12.1 Å². The van der Waals surface area contributed by atoms with Crippen molar-refractivity contribution in [2.75, 3.05) is 14.2 Å². The van der Waals surface area contributed by atoms with E-state index in [1.165, 1.54) is 14.2 Å². The third-order valence-corrected chi connectivity index (χ3v) is 3.33. The van der Waals surface area contributed by atoms with Gasteiger partial charge in [-0.2, -0.15) is 0 Å². The van der Waals surface area contributed by atoms with Crippen molar-refractivity contribution >= 4 is 29.1 Å². The van der Waals surface area contributed by atoms with Gasteiger partial charge in [-0.1, -0.05) is 23.2 Å². The zero-order chi connectivity index (χ0) is 11.9.